The molecule has 1 aliphatic rings. The first kappa shape index (κ1) is 31.0. The molecule has 0 saturated carbocycles. The first-order valence-electron chi connectivity index (χ1n) is 15.7. The predicted octanol–water partition coefficient (Wildman–Crippen LogP) is 9.04. The van der Waals surface area contributed by atoms with Crippen LogP contribution in [0, 0.1) is 20.8 Å². The molecule has 0 aliphatic carbocycles. The molecule has 1 aliphatic heterocycles. The van der Waals surface area contributed by atoms with Crippen LogP contribution >= 0.6 is 0 Å². The molecular weight excluding hydrogens is 516 g/mol. The van der Waals surface area contributed by atoms with E-state index in [-0.39, 0.29) is 0 Å². The van der Waals surface area contributed by atoms with E-state index in [1.54, 1.807) is 0 Å². The van der Waals surface area contributed by atoms with Crippen molar-refractivity contribution in [2.24, 2.45) is 0 Å². The minimum Gasteiger partial charge on any atom is -0.361 e. The van der Waals surface area contributed by atoms with Crippen LogP contribution in [0.25, 0.3) is 27.8 Å². The van der Waals surface area contributed by atoms with Gasteiger partial charge in [0.15, 0.2) is 0 Å². The molecule has 0 atom stereocenters. The van der Waals surface area contributed by atoms with Crippen molar-refractivity contribution in [3.05, 3.63) is 88.0 Å². The molecule has 3 aromatic heterocycles. The molecule has 0 amide bonds. The number of nitrogens with one attached hydrogen (secondary N) is 1. The Morgan fingerprint density at radius 2 is 1.67 bits per heavy atom. The molecule has 6 heteroatoms. The zero-order valence-corrected chi connectivity index (χ0v) is 27.3. The average molecular weight is 565 g/mol. The van der Waals surface area contributed by atoms with Gasteiger partial charge in [-0.3, -0.25) is 0 Å². The number of hydrogen-bond acceptors (Lipinski definition) is 4. The van der Waals surface area contributed by atoms with Gasteiger partial charge in [0, 0.05) is 60.1 Å². The standard InChI is InChI=1S/C32H36N6.2C2H6/c1-7-23-10-8-9-20(4)30(23)38-31(26-15-21(5)22(6)29-25(26)11-13-33-29)27-18-37(14-12-28(27)36-38)32-34-16-24(17-35-32)19(2)3;2*1-2/h8-11,13,15-17,19,33H,7,12,14,18H2,1-6H3;2*1-2H3. The molecule has 42 heavy (non-hydrogen) atoms. The first-order valence-corrected chi connectivity index (χ1v) is 15.7. The summed E-state index contributed by atoms with van der Waals surface area (Å²) in [5, 5.41) is 6.55. The van der Waals surface area contributed by atoms with Gasteiger partial charge in [-0.05, 0) is 73.1 Å². The van der Waals surface area contributed by atoms with E-state index in [2.05, 4.69) is 92.6 Å². The van der Waals surface area contributed by atoms with Crippen molar-refractivity contribution in [1.29, 1.82) is 0 Å². The lowest BCUT2D eigenvalue weighted by Gasteiger charge is -2.27. The van der Waals surface area contributed by atoms with Crippen molar-refractivity contribution in [3.63, 3.8) is 0 Å². The Morgan fingerprint density at radius 3 is 2.33 bits per heavy atom. The van der Waals surface area contributed by atoms with Gasteiger partial charge in [0.05, 0.1) is 17.1 Å². The van der Waals surface area contributed by atoms with Crippen molar-refractivity contribution in [3.8, 4) is 16.9 Å². The number of aromatic amines is 1. The number of aromatic nitrogens is 5. The fraction of sp³-hybridized carbons (Fsp3) is 0.417. The van der Waals surface area contributed by atoms with Gasteiger partial charge in [-0.25, -0.2) is 14.6 Å². The topological polar surface area (TPSA) is 62.6 Å². The summed E-state index contributed by atoms with van der Waals surface area (Å²) in [7, 11) is 0. The Morgan fingerprint density at radius 1 is 0.952 bits per heavy atom. The monoisotopic (exact) mass is 564 g/mol. The Kier molecular flexibility index (Phi) is 9.87. The molecule has 0 bridgehead atoms. The number of aryl methyl sites for hydroxylation is 4. The lowest BCUT2D eigenvalue weighted by molar-refractivity contribution is 0.692. The molecular formula is C36H48N6. The highest BCUT2D eigenvalue weighted by Gasteiger charge is 2.29. The van der Waals surface area contributed by atoms with Crippen LogP contribution in [0.1, 0.15) is 93.5 Å². The summed E-state index contributed by atoms with van der Waals surface area (Å²) in [5.74, 6) is 1.20. The van der Waals surface area contributed by atoms with Crippen molar-refractivity contribution >= 4 is 16.9 Å². The van der Waals surface area contributed by atoms with Crippen LogP contribution < -0.4 is 4.90 Å². The Balaban J connectivity index is 0.000000972. The molecule has 0 fully saturated rings. The quantitative estimate of drug-likeness (QED) is 0.231. The molecule has 6 rings (SSSR count). The molecule has 0 spiro atoms. The first-order chi connectivity index (χ1) is 20.4. The van der Waals surface area contributed by atoms with Crippen LogP contribution in [0.3, 0.4) is 0 Å². The number of benzene rings is 2. The van der Waals surface area contributed by atoms with Crippen LogP contribution in [0.15, 0.2) is 48.9 Å². The zero-order chi connectivity index (χ0) is 30.6. The smallest absolute Gasteiger partial charge is 0.225 e. The Hall–Kier alpha value is -3.93. The third-order valence-corrected chi connectivity index (χ3v) is 8.18. The molecule has 1 N–H and O–H groups in total. The molecule has 6 nitrogen and oxygen atoms in total. The van der Waals surface area contributed by atoms with Gasteiger partial charge in [-0.1, -0.05) is 66.7 Å². The van der Waals surface area contributed by atoms with Gasteiger partial charge in [-0.2, -0.15) is 5.10 Å². The van der Waals surface area contributed by atoms with Crippen molar-refractivity contribution < 1.29 is 0 Å². The van der Waals surface area contributed by atoms with E-state index in [1.165, 1.54) is 61.4 Å². The van der Waals surface area contributed by atoms with Gasteiger partial charge < -0.3 is 9.88 Å². The van der Waals surface area contributed by atoms with Gasteiger partial charge in [0.25, 0.3) is 0 Å². The lowest BCUT2D eigenvalue weighted by atomic mass is 9.94. The number of anilines is 1. The largest absolute Gasteiger partial charge is 0.361 e. The zero-order valence-electron chi connectivity index (χ0n) is 27.3. The number of rotatable bonds is 5. The minimum atomic E-state index is 0.414. The SMILES string of the molecule is CC.CC.CCc1cccc(C)c1-n1nc2c(c1-c1cc(C)c(C)c3[nH]ccc13)CN(c1ncc(C(C)C)cn1)CC2. The van der Waals surface area contributed by atoms with E-state index in [1.807, 2.05) is 40.1 Å². The molecule has 0 unspecified atom stereocenters. The third-order valence-electron chi connectivity index (χ3n) is 8.18. The fourth-order valence-electron chi connectivity index (χ4n) is 5.78. The Bertz CT molecular complexity index is 1640. The summed E-state index contributed by atoms with van der Waals surface area (Å²) in [6.45, 7) is 22.8. The van der Waals surface area contributed by atoms with Gasteiger partial charge in [0.1, 0.15) is 0 Å². The number of nitrogens with zero attached hydrogens (tertiary/aromatic N) is 5. The summed E-state index contributed by atoms with van der Waals surface area (Å²) in [5.41, 5.74) is 13.5. The van der Waals surface area contributed by atoms with Crippen LogP contribution in [-0.2, 0) is 19.4 Å². The maximum absolute atomic E-state index is 5.31. The highest BCUT2D eigenvalue weighted by molar-refractivity contribution is 5.98. The number of para-hydroxylation sites is 1. The molecule has 2 aromatic carbocycles. The van der Waals surface area contributed by atoms with Crippen LogP contribution in [-0.4, -0.2) is 31.3 Å². The summed E-state index contributed by atoms with van der Waals surface area (Å²) >= 11 is 0. The number of H-pyrrole nitrogens is 1. The molecule has 0 saturated heterocycles. The number of hydrogen-bond donors (Lipinski definition) is 1. The Labute approximate surface area is 252 Å². The number of fused-ring (bicyclic) bond motifs is 2. The van der Waals surface area contributed by atoms with Crippen LogP contribution in [0.4, 0.5) is 5.95 Å². The van der Waals surface area contributed by atoms with Crippen LogP contribution in [0.2, 0.25) is 0 Å². The predicted molar refractivity (Wildman–Crippen MR) is 178 cm³/mol. The molecule has 4 heterocycles. The van der Waals surface area contributed by atoms with E-state index in [9.17, 15) is 0 Å². The third kappa shape index (κ3) is 5.59. The maximum Gasteiger partial charge on any atom is 0.225 e. The van der Waals surface area contributed by atoms with E-state index in [4.69, 9.17) is 15.1 Å². The highest BCUT2D eigenvalue weighted by atomic mass is 15.3. The summed E-state index contributed by atoms with van der Waals surface area (Å²) in [6, 6.07) is 11.1. The van der Waals surface area contributed by atoms with E-state index in [0.29, 0.717) is 5.92 Å². The maximum atomic E-state index is 5.31. The van der Waals surface area contributed by atoms with Crippen molar-refractivity contribution in [1.82, 2.24) is 24.7 Å². The summed E-state index contributed by atoms with van der Waals surface area (Å²) in [4.78, 5) is 15.3. The summed E-state index contributed by atoms with van der Waals surface area (Å²) < 4.78 is 2.24. The van der Waals surface area contributed by atoms with Gasteiger partial charge >= 0.3 is 0 Å². The van der Waals surface area contributed by atoms with Crippen molar-refractivity contribution in [2.75, 3.05) is 11.4 Å². The minimum absolute atomic E-state index is 0.414. The molecule has 0 radical (unpaired) electrons. The van der Waals surface area contributed by atoms with Crippen LogP contribution in [0.5, 0.6) is 0 Å². The lowest BCUT2D eigenvalue weighted by Crippen LogP contribution is -2.31. The normalized spacial score (nSPS) is 12.5. The van der Waals surface area contributed by atoms with E-state index >= 15 is 0 Å². The average Bonchev–Trinajstić information content (AvgIpc) is 3.66. The molecule has 5 aromatic rings. The fourth-order valence-corrected chi connectivity index (χ4v) is 5.78. The van der Waals surface area contributed by atoms with E-state index < -0.39 is 0 Å². The van der Waals surface area contributed by atoms with E-state index in [0.717, 1.165) is 37.4 Å². The second-order valence-corrected chi connectivity index (χ2v) is 10.9. The second kappa shape index (κ2) is 13.4. The second-order valence-electron chi connectivity index (χ2n) is 10.9. The highest BCUT2D eigenvalue weighted by Crippen LogP contribution is 2.40. The van der Waals surface area contributed by atoms with Crippen molar-refractivity contribution in [2.45, 2.75) is 94.5 Å². The van der Waals surface area contributed by atoms with Gasteiger partial charge in [0.2, 0.25) is 5.95 Å². The van der Waals surface area contributed by atoms with Gasteiger partial charge in [-0.15, -0.1) is 0 Å². The molecule has 222 valence electrons. The summed E-state index contributed by atoms with van der Waals surface area (Å²) in [6.07, 6.45) is 7.81.